The second-order valence-electron chi connectivity index (χ2n) is 3.01. The van der Waals surface area contributed by atoms with Gasteiger partial charge in [0.15, 0.2) is 0 Å². The molecule has 1 unspecified atom stereocenters. The molecule has 0 saturated carbocycles. The third-order valence-electron chi connectivity index (χ3n) is 1.65. The van der Waals surface area contributed by atoms with Crippen LogP contribution in [0.25, 0.3) is 0 Å². The molecule has 0 aromatic heterocycles. The highest BCUT2D eigenvalue weighted by atomic mass is 16.5. The molecule has 0 bridgehead atoms. The fourth-order valence-corrected chi connectivity index (χ4v) is 0.862. The molecule has 0 rings (SSSR count). The molecule has 0 fully saturated rings. The van der Waals surface area contributed by atoms with Crippen LogP contribution in [0, 0.1) is 4.91 Å². The molecular formula is C10H19NO3. The molecule has 0 spiro atoms. The first-order valence-corrected chi connectivity index (χ1v) is 4.94. The van der Waals surface area contributed by atoms with Crippen LogP contribution in [0.2, 0.25) is 0 Å². The van der Waals surface area contributed by atoms with Crippen molar-refractivity contribution in [1.82, 2.24) is 0 Å². The number of hydrogen-bond donors (Lipinski definition) is 0. The van der Waals surface area contributed by atoms with Gasteiger partial charge in [0.1, 0.15) is 6.04 Å². The van der Waals surface area contributed by atoms with E-state index in [1.165, 1.54) is 0 Å². The maximum Gasteiger partial charge on any atom is 0.138 e. The van der Waals surface area contributed by atoms with Gasteiger partial charge >= 0.3 is 0 Å². The lowest BCUT2D eigenvalue weighted by atomic mass is 10.3. The van der Waals surface area contributed by atoms with Crippen LogP contribution in [0.5, 0.6) is 0 Å². The SMILES string of the molecule is C=CCOCC(COCCCC)N=O. The van der Waals surface area contributed by atoms with E-state index in [-0.39, 0.29) is 0 Å². The molecule has 0 aromatic carbocycles. The summed E-state index contributed by atoms with van der Waals surface area (Å²) in [5.74, 6) is 0. The lowest BCUT2D eigenvalue weighted by Crippen LogP contribution is -2.20. The zero-order chi connectivity index (χ0) is 10.6. The first-order valence-electron chi connectivity index (χ1n) is 4.94. The van der Waals surface area contributed by atoms with Gasteiger partial charge in [-0.1, -0.05) is 24.6 Å². The average Bonchev–Trinajstić information content (AvgIpc) is 2.22. The largest absolute Gasteiger partial charge is 0.379 e. The van der Waals surface area contributed by atoms with Crippen molar-refractivity contribution in [2.75, 3.05) is 26.4 Å². The number of ether oxygens (including phenoxy) is 2. The van der Waals surface area contributed by atoms with Crippen molar-refractivity contribution >= 4 is 0 Å². The molecule has 82 valence electrons. The highest BCUT2D eigenvalue weighted by Crippen LogP contribution is 1.96. The molecule has 0 heterocycles. The van der Waals surface area contributed by atoms with Gasteiger partial charge in [0, 0.05) is 6.61 Å². The zero-order valence-corrected chi connectivity index (χ0v) is 8.78. The van der Waals surface area contributed by atoms with Crippen LogP contribution < -0.4 is 0 Å². The van der Waals surface area contributed by atoms with Crippen LogP contribution in [0.15, 0.2) is 17.8 Å². The van der Waals surface area contributed by atoms with E-state index in [0.717, 1.165) is 12.8 Å². The van der Waals surface area contributed by atoms with Gasteiger partial charge in [-0.05, 0) is 6.42 Å². The number of rotatable bonds is 10. The molecule has 0 amide bonds. The Morgan fingerprint density at radius 3 is 2.71 bits per heavy atom. The highest BCUT2D eigenvalue weighted by Gasteiger charge is 2.08. The molecule has 0 N–H and O–H groups in total. The minimum Gasteiger partial charge on any atom is -0.379 e. The van der Waals surface area contributed by atoms with E-state index in [1.54, 1.807) is 6.08 Å². The molecular weight excluding hydrogens is 182 g/mol. The highest BCUT2D eigenvalue weighted by molar-refractivity contribution is 4.67. The molecule has 0 saturated heterocycles. The summed E-state index contributed by atoms with van der Waals surface area (Å²) in [5.41, 5.74) is 0. The van der Waals surface area contributed by atoms with Crippen molar-refractivity contribution in [2.24, 2.45) is 5.18 Å². The lowest BCUT2D eigenvalue weighted by molar-refractivity contribution is 0.0762. The Morgan fingerprint density at radius 1 is 1.43 bits per heavy atom. The first kappa shape index (κ1) is 13.3. The first-order chi connectivity index (χ1) is 6.85. The number of hydrogen-bond acceptors (Lipinski definition) is 4. The molecule has 4 nitrogen and oxygen atoms in total. The van der Waals surface area contributed by atoms with Crippen molar-refractivity contribution in [3.63, 3.8) is 0 Å². The van der Waals surface area contributed by atoms with Gasteiger partial charge in [-0.3, -0.25) is 0 Å². The third-order valence-corrected chi connectivity index (χ3v) is 1.65. The van der Waals surface area contributed by atoms with Gasteiger partial charge in [0.2, 0.25) is 0 Å². The van der Waals surface area contributed by atoms with Gasteiger partial charge in [-0.15, -0.1) is 6.58 Å². The summed E-state index contributed by atoms with van der Waals surface area (Å²) in [6.45, 7) is 7.38. The standard InChI is InChI=1S/C10H19NO3/c1-3-5-7-14-9-10(11-12)8-13-6-4-2/h4,10H,2-3,5-9H2,1H3. The molecule has 0 aliphatic heterocycles. The van der Waals surface area contributed by atoms with Crippen LogP contribution in [0.3, 0.4) is 0 Å². The Bertz CT molecular complexity index is 150. The van der Waals surface area contributed by atoms with Crippen molar-refractivity contribution in [2.45, 2.75) is 25.8 Å². The number of unbranched alkanes of at least 4 members (excludes halogenated alkanes) is 1. The topological polar surface area (TPSA) is 47.9 Å². The van der Waals surface area contributed by atoms with Crippen molar-refractivity contribution < 1.29 is 9.47 Å². The fourth-order valence-electron chi connectivity index (χ4n) is 0.862. The average molecular weight is 201 g/mol. The van der Waals surface area contributed by atoms with Gasteiger partial charge in [0.05, 0.1) is 19.8 Å². The van der Waals surface area contributed by atoms with E-state index in [9.17, 15) is 4.91 Å². The Labute approximate surface area is 85.3 Å². The summed E-state index contributed by atoms with van der Waals surface area (Å²) in [6, 6.07) is -0.396. The second-order valence-corrected chi connectivity index (χ2v) is 3.01. The lowest BCUT2D eigenvalue weighted by Gasteiger charge is -2.09. The molecule has 1 atom stereocenters. The van der Waals surface area contributed by atoms with Gasteiger partial charge in [-0.25, -0.2) is 0 Å². The van der Waals surface area contributed by atoms with Crippen LogP contribution in [0.4, 0.5) is 0 Å². The van der Waals surface area contributed by atoms with Gasteiger partial charge in [-0.2, -0.15) is 4.91 Å². The van der Waals surface area contributed by atoms with Crippen molar-refractivity contribution in [1.29, 1.82) is 0 Å². The van der Waals surface area contributed by atoms with Crippen LogP contribution in [0.1, 0.15) is 19.8 Å². The summed E-state index contributed by atoms with van der Waals surface area (Å²) in [7, 11) is 0. The summed E-state index contributed by atoms with van der Waals surface area (Å²) in [6.07, 6.45) is 3.74. The van der Waals surface area contributed by atoms with E-state index >= 15 is 0 Å². The molecule has 0 aromatic rings. The number of nitrogens with zero attached hydrogens (tertiary/aromatic N) is 1. The smallest absolute Gasteiger partial charge is 0.138 e. The maximum absolute atomic E-state index is 10.3. The van der Waals surface area contributed by atoms with Gasteiger partial charge < -0.3 is 9.47 Å². The summed E-state index contributed by atoms with van der Waals surface area (Å²) in [4.78, 5) is 10.3. The van der Waals surface area contributed by atoms with Crippen LogP contribution in [-0.2, 0) is 9.47 Å². The Morgan fingerprint density at radius 2 is 2.14 bits per heavy atom. The van der Waals surface area contributed by atoms with Crippen molar-refractivity contribution in [3.05, 3.63) is 17.6 Å². The Balaban J connectivity index is 3.37. The maximum atomic E-state index is 10.3. The van der Waals surface area contributed by atoms with Crippen LogP contribution in [-0.4, -0.2) is 32.5 Å². The summed E-state index contributed by atoms with van der Waals surface area (Å²) < 4.78 is 10.4. The monoisotopic (exact) mass is 201 g/mol. The van der Waals surface area contributed by atoms with E-state index in [4.69, 9.17) is 9.47 Å². The molecule has 4 heteroatoms. The Hall–Kier alpha value is -0.740. The molecule has 0 radical (unpaired) electrons. The van der Waals surface area contributed by atoms with E-state index in [2.05, 4.69) is 18.7 Å². The number of nitroso groups, excluding NO2 is 1. The summed E-state index contributed by atoms with van der Waals surface area (Å²) in [5, 5.41) is 2.92. The predicted octanol–water partition coefficient (Wildman–Crippen LogP) is 2.14. The second kappa shape index (κ2) is 10.3. The minimum absolute atomic E-state index is 0.307. The third kappa shape index (κ3) is 7.89. The van der Waals surface area contributed by atoms with E-state index < -0.39 is 6.04 Å². The Kier molecular flexibility index (Phi) is 9.79. The minimum atomic E-state index is -0.396. The molecule has 0 aliphatic rings. The van der Waals surface area contributed by atoms with E-state index in [0.29, 0.717) is 26.4 Å². The van der Waals surface area contributed by atoms with E-state index in [1.807, 2.05) is 0 Å². The quantitative estimate of drug-likeness (QED) is 0.309. The predicted molar refractivity (Wildman–Crippen MR) is 56.3 cm³/mol. The molecule has 0 aliphatic carbocycles. The summed E-state index contributed by atoms with van der Waals surface area (Å²) >= 11 is 0. The molecule has 14 heavy (non-hydrogen) atoms. The van der Waals surface area contributed by atoms with Gasteiger partial charge in [0.25, 0.3) is 0 Å². The zero-order valence-electron chi connectivity index (χ0n) is 8.78. The fraction of sp³-hybridized carbons (Fsp3) is 0.800. The van der Waals surface area contributed by atoms with Crippen molar-refractivity contribution in [3.8, 4) is 0 Å². The van der Waals surface area contributed by atoms with Crippen LogP contribution >= 0.6 is 0 Å². The normalized spacial score (nSPS) is 12.4.